The molecular weight excluding hydrogens is 278 g/mol. The average Bonchev–Trinajstić information content (AvgIpc) is 2.82. The number of carbonyl (C=O) groups excluding carboxylic acids is 2. The molecular formula is C17H25N3O2. The number of nitrogens with one attached hydrogen (secondary N) is 2. The second-order valence-corrected chi connectivity index (χ2v) is 5.60. The molecule has 1 heterocycles. The molecule has 1 saturated heterocycles. The van der Waals surface area contributed by atoms with Gasteiger partial charge in [0.05, 0.1) is 0 Å². The van der Waals surface area contributed by atoms with Crippen molar-refractivity contribution in [3.05, 3.63) is 29.8 Å². The van der Waals surface area contributed by atoms with Gasteiger partial charge in [-0.1, -0.05) is 6.92 Å². The van der Waals surface area contributed by atoms with Crippen LogP contribution >= 0.6 is 0 Å². The Hall–Kier alpha value is -1.72. The molecule has 1 fully saturated rings. The number of rotatable bonds is 6. The molecule has 5 nitrogen and oxygen atoms in total. The van der Waals surface area contributed by atoms with E-state index < -0.39 is 0 Å². The van der Waals surface area contributed by atoms with Crippen LogP contribution in [0.4, 0.5) is 5.69 Å². The predicted octanol–water partition coefficient (Wildman–Crippen LogP) is 1.90. The van der Waals surface area contributed by atoms with E-state index in [-0.39, 0.29) is 11.7 Å². The molecule has 22 heavy (non-hydrogen) atoms. The number of anilines is 1. The van der Waals surface area contributed by atoms with E-state index in [1.807, 2.05) is 6.92 Å². The molecule has 0 aromatic heterocycles. The van der Waals surface area contributed by atoms with Gasteiger partial charge in [0.1, 0.15) is 0 Å². The summed E-state index contributed by atoms with van der Waals surface area (Å²) in [6, 6.07) is 7.16. The van der Waals surface area contributed by atoms with Crippen LogP contribution < -0.4 is 10.6 Å². The molecule has 1 aliphatic heterocycles. The minimum absolute atomic E-state index is 0.0196. The molecule has 1 amide bonds. The molecule has 0 spiro atoms. The zero-order valence-electron chi connectivity index (χ0n) is 13.2. The van der Waals surface area contributed by atoms with E-state index in [1.54, 1.807) is 24.3 Å². The number of hydrogen-bond acceptors (Lipinski definition) is 4. The maximum Gasteiger partial charge on any atom is 0.224 e. The van der Waals surface area contributed by atoms with Crippen molar-refractivity contribution in [1.29, 1.82) is 0 Å². The Labute approximate surface area is 132 Å². The van der Waals surface area contributed by atoms with Crippen molar-refractivity contribution in [2.24, 2.45) is 0 Å². The SMILES string of the molecule is CCC(=O)Nc1ccc(C(=O)CCN2CCCNCC2)cc1. The molecule has 1 aliphatic rings. The molecule has 5 heteroatoms. The highest BCUT2D eigenvalue weighted by atomic mass is 16.1. The molecule has 1 aromatic carbocycles. The fourth-order valence-corrected chi connectivity index (χ4v) is 2.52. The number of hydrogen-bond donors (Lipinski definition) is 2. The van der Waals surface area contributed by atoms with E-state index in [9.17, 15) is 9.59 Å². The van der Waals surface area contributed by atoms with Gasteiger partial charge in [-0.15, -0.1) is 0 Å². The van der Waals surface area contributed by atoms with Gasteiger partial charge in [-0.3, -0.25) is 9.59 Å². The van der Waals surface area contributed by atoms with Crippen LogP contribution in [-0.4, -0.2) is 49.3 Å². The molecule has 2 rings (SSSR count). The van der Waals surface area contributed by atoms with Crippen LogP contribution in [-0.2, 0) is 4.79 Å². The maximum absolute atomic E-state index is 12.2. The number of ketones is 1. The van der Waals surface area contributed by atoms with E-state index in [1.165, 1.54) is 0 Å². The van der Waals surface area contributed by atoms with Crippen LogP contribution in [0.1, 0.15) is 36.5 Å². The summed E-state index contributed by atoms with van der Waals surface area (Å²) in [5.74, 6) is 0.138. The Bertz CT molecular complexity index is 491. The highest BCUT2D eigenvalue weighted by Crippen LogP contribution is 2.12. The van der Waals surface area contributed by atoms with Gasteiger partial charge in [-0.2, -0.15) is 0 Å². The molecule has 2 N–H and O–H groups in total. The van der Waals surface area contributed by atoms with Gasteiger partial charge in [-0.25, -0.2) is 0 Å². The Morgan fingerprint density at radius 2 is 1.95 bits per heavy atom. The molecule has 120 valence electrons. The fourth-order valence-electron chi connectivity index (χ4n) is 2.52. The first-order valence-corrected chi connectivity index (χ1v) is 8.05. The second-order valence-electron chi connectivity index (χ2n) is 5.60. The van der Waals surface area contributed by atoms with E-state index in [0.717, 1.165) is 44.8 Å². The van der Waals surface area contributed by atoms with Crippen LogP contribution in [0.2, 0.25) is 0 Å². The summed E-state index contributed by atoms with van der Waals surface area (Å²) in [5, 5.41) is 6.14. The molecule has 1 aromatic rings. The summed E-state index contributed by atoms with van der Waals surface area (Å²) in [4.78, 5) is 25.9. The van der Waals surface area contributed by atoms with Crippen molar-refractivity contribution >= 4 is 17.4 Å². The van der Waals surface area contributed by atoms with Crippen molar-refractivity contribution in [3.8, 4) is 0 Å². The molecule has 0 atom stereocenters. The third-order valence-electron chi connectivity index (χ3n) is 3.90. The van der Waals surface area contributed by atoms with Crippen molar-refractivity contribution in [3.63, 3.8) is 0 Å². The Balaban J connectivity index is 1.82. The van der Waals surface area contributed by atoms with Crippen LogP contribution in [0.5, 0.6) is 0 Å². The Kier molecular flexibility index (Phi) is 6.55. The minimum atomic E-state index is -0.0196. The Morgan fingerprint density at radius 3 is 2.68 bits per heavy atom. The second kappa shape index (κ2) is 8.66. The first-order chi connectivity index (χ1) is 10.7. The number of carbonyl (C=O) groups is 2. The lowest BCUT2D eigenvalue weighted by molar-refractivity contribution is -0.115. The summed E-state index contributed by atoms with van der Waals surface area (Å²) >= 11 is 0. The topological polar surface area (TPSA) is 61.4 Å². The van der Waals surface area contributed by atoms with Crippen molar-refractivity contribution in [1.82, 2.24) is 10.2 Å². The van der Waals surface area contributed by atoms with Crippen molar-refractivity contribution in [2.75, 3.05) is 38.0 Å². The van der Waals surface area contributed by atoms with Gasteiger partial charge < -0.3 is 15.5 Å². The van der Waals surface area contributed by atoms with Gasteiger partial charge in [0.15, 0.2) is 5.78 Å². The molecule has 0 saturated carbocycles. The van der Waals surface area contributed by atoms with E-state index in [4.69, 9.17) is 0 Å². The number of benzene rings is 1. The predicted molar refractivity (Wildman–Crippen MR) is 88.2 cm³/mol. The zero-order chi connectivity index (χ0) is 15.8. The van der Waals surface area contributed by atoms with Crippen molar-refractivity contribution in [2.45, 2.75) is 26.2 Å². The number of Topliss-reactive ketones (excluding diaryl/α,β-unsaturated/α-hetero) is 1. The maximum atomic E-state index is 12.2. The third-order valence-corrected chi connectivity index (χ3v) is 3.90. The van der Waals surface area contributed by atoms with Crippen LogP contribution in [0, 0.1) is 0 Å². The average molecular weight is 303 g/mol. The Morgan fingerprint density at radius 1 is 1.18 bits per heavy atom. The van der Waals surface area contributed by atoms with Gasteiger partial charge in [0.2, 0.25) is 5.91 Å². The zero-order valence-corrected chi connectivity index (χ0v) is 13.2. The summed E-state index contributed by atoms with van der Waals surface area (Å²) in [6.45, 7) is 6.76. The molecule has 0 unspecified atom stereocenters. The van der Waals surface area contributed by atoms with Crippen LogP contribution in [0.3, 0.4) is 0 Å². The minimum Gasteiger partial charge on any atom is -0.326 e. The quantitative estimate of drug-likeness (QED) is 0.788. The highest BCUT2D eigenvalue weighted by Gasteiger charge is 2.12. The standard InChI is InChI=1S/C17H25N3O2/c1-2-17(22)19-15-6-4-14(5-7-15)16(21)8-12-20-11-3-9-18-10-13-20/h4-7,18H,2-3,8-13H2,1H3,(H,19,22). The van der Waals surface area contributed by atoms with E-state index in [0.29, 0.717) is 18.4 Å². The van der Waals surface area contributed by atoms with Crippen molar-refractivity contribution < 1.29 is 9.59 Å². The first kappa shape index (κ1) is 16.6. The summed E-state index contributed by atoms with van der Waals surface area (Å²) < 4.78 is 0. The van der Waals surface area contributed by atoms with E-state index in [2.05, 4.69) is 15.5 Å². The lowest BCUT2D eigenvalue weighted by Gasteiger charge is -2.18. The highest BCUT2D eigenvalue weighted by molar-refractivity contribution is 5.97. The van der Waals surface area contributed by atoms with Gasteiger partial charge in [0.25, 0.3) is 0 Å². The lowest BCUT2D eigenvalue weighted by Crippen LogP contribution is -2.30. The van der Waals surface area contributed by atoms with Gasteiger partial charge >= 0.3 is 0 Å². The van der Waals surface area contributed by atoms with Gasteiger partial charge in [-0.05, 0) is 43.8 Å². The fraction of sp³-hybridized carbons (Fsp3) is 0.529. The van der Waals surface area contributed by atoms with E-state index >= 15 is 0 Å². The smallest absolute Gasteiger partial charge is 0.224 e. The monoisotopic (exact) mass is 303 g/mol. The first-order valence-electron chi connectivity index (χ1n) is 8.05. The molecule has 0 aliphatic carbocycles. The normalized spacial score (nSPS) is 16.0. The number of nitrogens with zero attached hydrogens (tertiary/aromatic N) is 1. The van der Waals surface area contributed by atoms with Crippen LogP contribution in [0.15, 0.2) is 24.3 Å². The third kappa shape index (κ3) is 5.24. The largest absolute Gasteiger partial charge is 0.326 e. The molecule has 0 bridgehead atoms. The molecule has 0 radical (unpaired) electrons. The number of amides is 1. The summed E-state index contributed by atoms with van der Waals surface area (Å²) in [6.07, 6.45) is 2.13. The summed E-state index contributed by atoms with van der Waals surface area (Å²) in [5.41, 5.74) is 1.45. The lowest BCUT2D eigenvalue weighted by atomic mass is 10.1. The summed E-state index contributed by atoms with van der Waals surface area (Å²) in [7, 11) is 0. The van der Waals surface area contributed by atoms with Gasteiger partial charge in [0, 0.05) is 43.7 Å². The van der Waals surface area contributed by atoms with Crippen LogP contribution in [0.25, 0.3) is 0 Å².